The van der Waals surface area contributed by atoms with Gasteiger partial charge < -0.3 is 14.8 Å². The molecule has 3 aromatic rings. The zero-order valence-corrected chi connectivity index (χ0v) is 18.9. The van der Waals surface area contributed by atoms with Crippen LogP contribution in [0.5, 0.6) is 5.75 Å². The number of para-hydroxylation sites is 2. The first-order valence-corrected chi connectivity index (χ1v) is 11.5. The molecule has 3 aliphatic heterocycles. The fourth-order valence-corrected chi connectivity index (χ4v) is 4.80. The zero-order chi connectivity index (χ0) is 22.2. The number of hydrogen-bond acceptors (Lipinski definition) is 8. The predicted molar refractivity (Wildman–Crippen MR) is 128 cm³/mol. The quantitative estimate of drug-likeness (QED) is 0.641. The van der Waals surface area contributed by atoms with E-state index in [-0.39, 0.29) is 6.17 Å². The molecule has 0 bridgehead atoms. The average Bonchev–Trinajstić information content (AvgIpc) is 3.28. The average molecular weight is 448 g/mol. The second-order valence-electron chi connectivity index (χ2n) is 8.64. The lowest BCUT2D eigenvalue weighted by atomic mass is 10.1. The van der Waals surface area contributed by atoms with Gasteiger partial charge >= 0.3 is 0 Å². The summed E-state index contributed by atoms with van der Waals surface area (Å²) in [5, 5.41) is 3.67. The number of hydrogen-bond donors (Lipinski definition) is 1. The fourth-order valence-electron chi connectivity index (χ4n) is 4.80. The van der Waals surface area contributed by atoms with E-state index in [2.05, 4.69) is 54.9 Å². The van der Waals surface area contributed by atoms with Gasteiger partial charge in [0, 0.05) is 26.2 Å². The number of fused-ring (bicyclic) bond motifs is 5. The molecule has 1 fully saturated rings. The number of benzene rings is 2. The summed E-state index contributed by atoms with van der Waals surface area (Å²) in [5.74, 6) is 2.62. The van der Waals surface area contributed by atoms with Gasteiger partial charge in [-0.2, -0.15) is 0 Å². The summed E-state index contributed by atoms with van der Waals surface area (Å²) in [6.45, 7) is 7.09. The van der Waals surface area contributed by atoms with Crippen molar-refractivity contribution in [2.75, 3.05) is 64.7 Å². The summed E-state index contributed by atoms with van der Waals surface area (Å²) in [6, 6.07) is 16.5. The highest BCUT2D eigenvalue weighted by molar-refractivity contribution is 5.98. The zero-order valence-electron chi connectivity index (χ0n) is 18.9. The number of guanidine groups is 1. The Bertz CT molecular complexity index is 1170. The van der Waals surface area contributed by atoms with E-state index in [4.69, 9.17) is 19.5 Å². The van der Waals surface area contributed by atoms with Crippen molar-refractivity contribution < 1.29 is 9.47 Å². The van der Waals surface area contributed by atoms with E-state index in [0.717, 1.165) is 80.3 Å². The number of aliphatic imine (C=N–C) groups is 1. The Morgan fingerprint density at radius 1 is 1.06 bits per heavy atom. The van der Waals surface area contributed by atoms with Gasteiger partial charge in [-0.3, -0.25) is 19.3 Å². The number of ether oxygens (including phenoxy) is 2. The molecule has 1 N–H and O–H groups in total. The Balaban J connectivity index is 1.32. The van der Waals surface area contributed by atoms with Crippen molar-refractivity contribution >= 4 is 22.9 Å². The summed E-state index contributed by atoms with van der Waals surface area (Å²) in [6.07, 6.45) is -0.114. The minimum absolute atomic E-state index is 0.114. The number of anilines is 1. The lowest BCUT2D eigenvalue weighted by molar-refractivity contribution is 0.0334. The molecule has 3 aliphatic rings. The van der Waals surface area contributed by atoms with Gasteiger partial charge in [0.2, 0.25) is 11.9 Å². The third-order valence-corrected chi connectivity index (χ3v) is 6.61. The second-order valence-corrected chi connectivity index (χ2v) is 8.64. The lowest BCUT2D eigenvalue weighted by Crippen LogP contribution is -2.58. The lowest BCUT2D eigenvalue weighted by Gasteiger charge is -2.42. The summed E-state index contributed by atoms with van der Waals surface area (Å²) in [7, 11) is 1.70. The SMILES string of the molecule is COc1cccc(C2NC3=NCN(CCN4CCOCC4)CN3c3nc4ccccc4n32)c1. The molecule has 0 amide bonds. The van der Waals surface area contributed by atoms with Crippen molar-refractivity contribution in [3.63, 3.8) is 0 Å². The Morgan fingerprint density at radius 3 is 2.79 bits per heavy atom. The fraction of sp³-hybridized carbons (Fsp3) is 0.417. The molecule has 1 unspecified atom stereocenters. The standard InChI is InChI=1S/C24H29N7O2/c1-32-19-6-4-5-18(15-19)22-27-23-25-16-29(10-9-28-11-13-33-14-12-28)17-30(23)24-26-20-7-2-3-8-21(20)31(22)24/h2-8,15,22H,9-14,16-17H2,1H3,(H,25,27). The topological polar surface area (TPSA) is 70.4 Å². The first-order valence-electron chi connectivity index (χ1n) is 11.5. The largest absolute Gasteiger partial charge is 0.497 e. The number of rotatable bonds is 5. The first-order chi connectivity index (χ1) is 16.3. The van der Waals surface area contributed by atoms with E-state index in [9.17, 15) is 0 Å². The number of morpholine rings is 1. The van der Waals surface area contributed by atoms with Gasteiger partial charge in [-0.25, -0.2) is 9.98 Å². The van der Waals surface area contributed by atoms with E-state index in [1.807, 2.05) is 18.2 Å². The maximum Gasteiger partial charge on any atom is 0.216 e. The van der Waals surface area contributed by atoms with Gasteiger partial charge in [-0.05, 0) is 29.8 Å². The maximum absolute atomic E-state index is 5.49. The molecule has 6 rings (SSSR count). The van der Waals surface area contributed by atoms with Crippen LogP contribution in [0.25, 0.3) is 11.0 Å². The summed E-state index contributed by atoms with van der Waals surface area (Å²) in [5.41, 5.74) is 3.18. The van der Waals surface area contributed by atoms with Gasteiger partial charge in [0.15, 0.2) is 0 Å². The van der Waals surface area contributed by atoms with E-state index in [1.54, 1.807) is 7.11 Å². The van der Waals surface area contributed by atoms with Crippen molar-refractivity contribution in [1.29, 1.82) is 0 Å². The maximum atomic E-state index is 5.49. The number of nitrogens with zero attached hydrogens (tertiary/aromatic N) is 6. The summed E-state index contributed by atoms with van der Waals surface area (Å²) < 4.78 is 13.2. The number of imidazole rings is 1. The number of aromatic nitrogens is 2. The van der Waals surface area contributed by atoms with E-state index < -0.39 is 0 Å². The van der Waals surface area contributed by atoms with Crippen molar-refractivity contribution in [2.45, 2.75) is 6.17 Å². The van der Waals surface area contributed by atoms with Gasteiger partial charge in [-0.15, -0.1) is 0 Å². The Morgan fingerprint density at radius 2 is 1.91 bits per heavy atom. The van der Waals surface area contributed by atoms with Crippen LogP contribution in [0.3, 0.4) is 0 Å². The molecule has 0 radical (unpaired) electrons. The molecular formula is C24H29N7O2. The molecule has 0 saturated carbocycles. The van der Waals surface area contributed by atoms with Gasteiger partial charge in [0.1, 0.15) is 11.9 Å². The van der Waals surface area contributed by atoms with Gasteiger partial charge in [-0.1, -0.05) is 24.3 Å². The monoisotopic (exact) mass is 447 g/mol. The van der Waals surface area contributed by atoms with Crippen LogP contribution in [-0.4, -0.2) is 85.2 Å². The van der Waals surface area contributed by atoms with E-state index >= 15 is 0 Å². The second kappa shape index (κ2) is 8.66. The number of nitrogens with one attached hydrogen (secondary N) is 1. The third-order valence-electron chi connectivity index (χ3n) is 6.61. The predicted octanol–water partition coefficient (Wildman–Crippen LogP) is 1.92. The van der Waals surface area contributed by atoms with Crippen LogP contribution in [0.2, 0.25) is 0 Å². The van der Waals surface area contributed by atoms with Crippen LogP contribution in [0.15, 0.2) is 53.5 Å². The smallest absolute Gasteiger partial charge is 0.216 e. The highest BCUT2D eigenvalue weighted by atomic mass is 16.5. The van der Waals surface area contributed by atoms with Crippen LogP contribution >= 0.6 is 0 Å². The highest BCUT2D eigenvalue weighted by Crippen LogP contribution is 2.34. The van der Waals surface area contributed by atoms with Crippen molar-refractivity contribution in [2.24, 2.45) is 4.99 Å². The summed E-state index contributed by atoms with van der Waals surface area (Å²) in [4.78, 5) is 17.0. The van der Waals surface area contributed by atoms with Gasteiger partial charge in [0.05, 0.1) is 44.7 Å². The minimum Gasteiger partial charge on any atom is -0.497 e. The molecule has 9 heteroatoms. The van der Waals surface area contributed by atoms with Crippen LogP contribution in [0, 0.1) is 0 Å². The molecule has 0 spiro atoms. The molecule has 33 heavy (non-hydrogen) atoms. The molecule has 2 aromatic carbocycles. The first kappa shape index (κ1) is 20.5. The Kier molecular flexibility index (Phi) is 5.37. The van der Waals surface area contributed by atoms with E-state index in [1.165, 1.54) is 0 Å². The Hall–Kier alpha value is -3.14. The molecule has 0 aliphatic carbocycles. The molecule has 172 valence electrons. The van der Waals surface area contributed by atoms with Crippen LogP contribution in [0.1, 0.15) is 11.7 Å². The van der Waals surface area contributed by atoms with Crippen LogP contribution < -0.4 is 15.0 Å². The van der Waals surface area contributed by atoms with Crippen LogP contribution in [0.4, 0.5) is 5.95 Å². The van der Waals surface area contributed by atoms with Crippen LogP contribution in [-0.2, 0) is 4.74 Å². The van der Waals surface area contributed by atoms with Gasteiger partial charge in [0.25, 0.3) is 0 Å². The molecule has 1 aromatic heterocycles. The molecule has 1 saturated heterocycles. The van der Waals surface area contributed by atoms with Crippen molar-refractivity contribution in [3.8, 4) is 5.75 Å². The summed E-state index contributed by atoms with van der Waals surface area (Å²) >= 11 is 0. The minimum atomic E-state index is -0.114. The van der Waals surface area contributed by atoms with Crippen molar-refractivity contribution in [1.82, 2.24) is 24.7 Å². The number of methoxy groups -OCH3 is 1. The third kappa shape index (κ3) is 3.82. The molecule has 1 atom stereocenters. The normalized spacial score (nSPS) is 21.3. The van der Waals surface area contributed by atoms with Crippen molar-refractivity contribution in [3.05, 3.63) is 54.1 Å². The molecule has 9 nitrogen and oxygen atoms in total. The highest BCUT2D eigenvalue weighted by Gasteiger charge is 2.36. The molecule has 4 heterocycles. The van der Waals surface area contributed by atoms with E-state index in [0.29, 0.717) is 6.67 Å². The Labute approximate surface area is 193 Å². The molecular weight excluding hydrogens is 418 g/mol.